The second-order valence-electron chi connectivity index (χ2n) is 10.4. The molecule has 0 spiro atoms. The van der Waals surface area contributed by atoms with Crippen LogP contribution in [0.1, 0.15) is 45.1 Å². The Hall–Kier alpha value is -3.24. The van der Waals surface area contributed by atoms with E-state index in [0.717, 1.165) is 52.0 Å². The molecule has 2 heterocycles. The molecule has 1 fully saturated rings. The quantitative estimate of drug-likeness (QED) is 0.183. The van der Waals surface area contributed by atoms with Crippen molar-refractivity contribution in [2.45, 2.75) is 25.3 Å². The van der Waals surface area contributed by atoms with Gasteiger partial charge in [0.15, 0.2) is 10.9 Å². The van der Waals surface area contributed by atoms with Gasteiger partial charge in [-0.3, -0.25) is 15.6 Å². The fraction of sp³-hybridized carbons (Fsp3) is 0.367. The maximum atomic E-state index is 12.6. The molecule has 3 aromatic rings. The molecule has 4 N–H and O–H groups in total. The molecule has 2 aromatic carbocycles. The van der Waals surface area contributed by atoms with Crippen LogP contribution in [-0.2, 0) is 12.8 Å². The third-order valence-electron chi connectivity index (χ3n) is 7.60. The average Bonchev–Trinajstić information content (AvgIpc) is 3.12. The molecule has 0 radical (unpaired) electrons. The molecule has 0 bridgehead atoms. The summed E-state index contributed by atoms with van der Waals surface area (Å²) in [6, 6.07) is 18.5. The van der Waals surface area contributed by atoms with Gasteiger partial charge in [0.2, 0.25) is 0 Å². The van der Waals surface area contributed by atoms with E-state index in [1.807, 2.05) is 0 Å². The van der Waals surface area contributed by atoms with E-state index < -0.39 is 0 Å². The molecule has 5 rings (SSSR count). The number of fused-ring (bicyclic) bond motifs is 2. The molecule has 1 saturated heterocycles. The van der Waals surface area contributed by atoms with Crippen LogP contribution >= 0.6 is 23.8 Å². The zero-order chi connectivity index (χ0) is 27.9. The summed E-state index contributed by atoms with van der Waals surface area (Å²) in [5, 5.41) is 7.17. The van der Waals surface area contributed by atoms with Crippen LogP contribution in [-0.4, -0.2) is 72.1 Å². The van der Waals surface area contributed by atoms with Crippen LogP contribution in [0, 0.1) is 0 Å². The van der Waals surface area contributed by atoms with Crippen molar-refractivity contribution in [1.29, 1.82) is 0 Å². The van der Waals surface area contributed by atoms with Gasteiger partial charge in [-0.05, 0) is 73.4 Å². The molecule has 210 valence electrons. The SMILES string of the molecule is CN1CCN(CCCNC(=O)c2cnc(NNC(=S)NC3c4ccccc4CCc4ccccc43)c(Cl)c2)CC1. The number of piperazine rings is 1. The van der Waals surface area contributed by atoms with Crippen molar-refractivity contribution in [1.82, 2.24) is 30.8 Å². The third-order valence-corrected chi connectivity index (χ3v) is 8.11. The first kappa shape index (κ1) is 28.3. The summed E-state index contributed by atoms with van der Waals surface area (Å²) in [4.78, 5) is 21.7. The summed E-state index contributed by atoms with van der Waals surface area (Å²) in [6.07, 6.45) is 4.39. The second kappa shape index (κ2) is 13.4. The van der Waals surface area contributed by atoms with Crippen LogP contribution in [0.4, 0.5) is 5.82 Å². The predicted molar refractivity (Wildman–Crippen MR) is 165 cm³/mol. The largest absolute Gasteiger partial charge is 0.352 e. The van der Waals surface area contributed by atoms with E-state index in [2.05, 4.69) is 91.8 Å². The van der Waals surface area contributed by atoms with Crippen molar-refractivity contribution in [2.75, 3.05) is 51.7 Å². The Morgan fingerprint density at radius 1 is 1.02 bits per heavy atom. The monoisotopic (exact) mass is 577 g/mol. The molecule has 1 amide bonds. The Labute approximate surface area is 246 Å². The van der Waals surface area contributed by atoms with Gasteiger partial charge in [-0.1, -0.05) is 60.1 Å². The van der Waals surface area contributed by atoms with Crippen LogP contribution in [0.3, 0.4) is 0 Å². The van der Waals surface area contributed by atoms with Crippen molar-refractivity contribution >= 4 is 40.7 Å². The van der Waals surface area contributed by atoms with Crippen LogP contribution in [0.15, 0.2) is 60.8 Å². The van der Waals surface area contributed by atoms with Gasteiger partial charge >= 0.3 is 0 Å². The number of anilines is 1. The van der Waals surface area contributed by atoms with E-state index in [1.54, 1.807) is 6.07 Å². The number of aryl methyl sites for hydroxylation is 2. The highest BCUT2D eigenvalue weighted by Crippen LogP contribution is 2.32. The number of likely N-dealkylation sites (N-methyl/N-ethyl adjacent to an activating group) is 1. The number of halogens is 1. The smallest absolute Gasteiger partial charge is 0.252 e. The molecular formula is C30H36ClN7OS. The zero-order valence-electron chi connectivity index (χ0n) is 22.8. The number of nitrogens with one attached hydrogen (secondary N) is 4. The molecule has 0 saturated carbocycles. The van der Waals surface area contributed by atoms with Gasteiger partial charge in [-0.25, -0.2) is 4.98 Å². The molecule has 0 atom stereocenters. The first-order valence-electron chi connectivity index (χ1n) is 13.8. The third kappa shape index (κ3) is 7.09. The maximum absolute atomic E-state index is 12.6. The number of carbonyl (C=O) groups excluding carboxylic acids is 1. The summed E-state index contributed by atoms with van der Waals surface area (Å²) >= 11 is 12.1. The Morgan fingerprint density at radius 2 is 1.68 bits per heavy atom. The van der Waals surface area contributed by atoms with Gasteiger partial charge in [-0.2, -0.15) is 0 Å². The van der Waals surface area contributed by atoms with E-state index in [0.29, 0.717) is 28.1 Å². The normalized spacial score (nSPS) is 15.8. The predicted octanol–water partition coefficient (Wildman–Crippen LogP) is 3.78. The van der Waals surface area contributed by atoms with E-state index in [9.17, 15) is 4.79 Å². The van der Waals surface area contributed by atoms with Crippen molar-refractivity contribution in [3.8, 4) is 0 Å². The summed E-state index contributed by atoms with van der Waals surface area (Å²) < 4.78 is 0. The average molecular weight is 578 g/mol. The minimum atomic E-state index is -0.185. The molecule has 1 aliphatic carbocycles. The lowest BCUT2D eigenvalue weighted by molar-refractivity contribution is 0.0949. The highest BCUT2D eigenvalue weighted by molar-refractivity contribution is 7.80. The van der Waals surface area contributed by atoms with E-state index >= 15 is 0 Å². The Morgan fingerprint density at radius 3 is 2.33 bits per heavy atom. The number of pyridine rings is 1. The number of hydrogen-bond acceptors (Lipinski definition) is 6. The fourth-order valence-electron chi connectivity index (χ4n) is 5.29. The first-order valence-corrected chi connectivity index (χ1v) is 14.6. The molecule has 2 aliphatic rings. The molecule has 1 aliphatic heterocycles. The lowest BCUT2D eigenvalue weighted by Gasteiger charge is -2.32. The summed E-state index contributed by atoms with van der Waals surface area (Å²) in [5.74, 6) is 0.203. The zero-order valence-corrected chi connectivity index (χ0v) is 24.3. The Bertz CT molecular complexity index is 1300. The maximum Gasteiger partial charge on any atom is 0.252 e. The highest BCUT2D eigenvalue weighted by Gasteiger charge is 2.24. The molecule has 1 aromatic heterocycles. The number of hydrogen-bond donors (Lipinski definition) is 4. The Balaban J connectivity index is 1.13. The molecule has 10 heteroatoms. The summed E-state index contributed by atoms with van der Waals surface area (Å²) in [5.41, 5.74) is 11.5. The number of rotatable bonds is 8. The van der Waals surface area contributed by atoms with Crippen molar-refractivity contribution < 1.29 is 4.79 Å². The van der Waals surface area contributed by atoms with E-state index in [-0.39, 0.29) is 11.9 Å². The number of thiocarbonyl (C=S) groups is 1. The molecular weight excluding hydrogens is 542 g/mol. The summed E-state index contributed by atoms with van der Waals surface area (Å²) in [7, 11) is 2.15. The van der Waals surface area contributed by atoms with Gasteiger partial charge in [0.05, 0.1) is 16.6 Å². The number of carbonyl (C=O) groups is 1. The lowest BCUT2D eigenvalue weighted by Crippen LogP contribution is -2.45. The molecule has 40 heavy (non-hydrogen) atoms. The first-order chi connectivity index (χ1) is 19.5. The van der Waals surface area contributed by atoms with E-state index in [1.165, 1.54) is 28.5 Å². The minimum Gasteiger partial charge on any atom is -0.352 e. The standard InChI is InChI=1S/C30H36ClN7OS/c1-37-15-17-38(18-16-37)14-6-13-32-29(39)23-19-26(31)28(33-20-23)35-36-30(40)34-27-24-9-4-2-7-21(24)11-12-22-8-3-5-10-25(22)27/h2-5,7-10,19-20,27H,6,11-18H2,1H3,(H,32,39)(H,33,35)(H2,34,36,40). The number of nitrogens with zero attached hydrogens (tertiary/aromatic N) is 3. The molecule has 8 nitrogen and oxygen atoms in total. The second-order valence-corrected chi connectivity index (χ2v) is 11.2. The highest BCUT2D eigenvalue weighted by atomic mass is 35.5. The van der Waals surface area contributed by atoms with Crippen LogP contribution in [0.5, 0.6) is 0 Å². The number of amides is 1. The number of aromatic nitrogens is 1. The van der Waals surface area contributed by atoms with Crippen LogP contribution < -0.4 is 21.5 Å². The van der Waals surface area contributed by atoms with E-state index in [4.69, 9.17) is 23.8 Å². The van der Waals surface area contributed by atoms with Crippen molar-refractivity contribution in [3.63, 3.8) is 0 Å². The minimum absolute atomic E-state index is 0.0811. The molecule has 0 unspecified atom stereocenters. The van der Waals surface area contributed by atoms with Crippen molar-refractivity contribution in [2.24, 2.45) is 0 Å². The van der Waals surface area contributed by atoms with Gasteiger partial charge in [0.25, 0.3) is 5.91 Å². The van der Waals surface area contributed by atoms with Gasteiger partial charge in [-0.15, -0.1) is 0 Å². The van der Waals surface area contributed by atoms with Gasteiger partial charge < -0.3 is 20.4 Å². The van der Waals surface area contributed by atoms with Gasteiger partial charge in [0.1, 0.15) is 0 Å². The van der Waals surface area contributed by atoms with Crippen molar-refractivity contribution in [3.05, 3.63) is 93.6 Å². The topological polar surface area (TPSA) is 84.6 Å². The Kier molecular flexibility index (Phi) is 9.49. The summed E-state index contributed by atoms with van der Waals surface area (Å²) in [6.45, 7) is 5.93. The van der Waals surface area contributed by atoms with Crippen LogP contribution in [0.25, 0.3) is 0 Å². The fourth-order valence-corrected chi connectivity index (χ4v) is 5.68. The van der Waals surface area contributed by atoms with Crippen LogP contribution in [0.2, 0.25) is 5.02 Å². The number of hydrazine groups is 1. The van der Waals surface area contributed by atoms with Gasteiger partial charge in [0, 0.05) is 38.9 Å². The number of benzene rings is 2. The lowest BCUT2D eigenvalue weighted by atomic mass is 9.95.